The van der Waals surface area contributed by atoms with Gasteiger partial charge in [-0.05, 0) is 19.4 Å². The Bertz CT molecular complexity index is 456. The molecule has 0 aliphatic rings. The zero-order valence-electron chi connectivity index (χ0n) is 9.59. The number of benzene rings is 1. The van der Waals surface area contributed by atoms with Crippen LogP contribution in [-0.4, -0.2) is 15.0 Å². The molecule has 0 amide bonds. The van der Waals surface area contributed by atoms with Crippen molar-refractivity contribution in [2.75, 3.05) is 0 Å². The van der Waals surface area contributed by atoms with Crippen LogP contribution in [0.4, 0.5) is 0 Å². The normalized spacial score (nSPS) is 12.7. The molecule has 1 aromatic carbocycles. The van der Waals surface area contributed by atoms with Crippen molar-refractivity contribution in [3.63, 3.8) is 0 Å². The van der Waals surface area contributed by atoms with Crippen molar-refractivity contribution in [1.82, 2.24) is 15.0 Å². The maximum absolute atomic E-state index is 5.72. The van der Waals surface area contributed by atoms with E-state index in [2.05, 4.69) is 41.5 Å². The summed E-state index contributed by atoms with van der Waals surface area (Å²) in [5.41, 5.74) is 9.03. The van der Waals surface area contributed by atoms with Crippen LogP contribution in [0.5, 0.6) is 0 Å². The minimum Gasteiger partial charge on any atom is -0.323 e. The second-order valence-corrected chi connectivity index (χ2v) is 4.12. The van der Waals surface area contributed by atoms with Gasteiger partial charge in [-0.2, -0.15) is 0 Å². The first kappa shape index (κ1) is 10.8. The predicted octanol–water partition coefficient (Wildman–Crippen LogP) is 1.65. The minimum absolute atomic E-state index is 0.0632. The van der Waals surface area contributed by atoms with E-state index < -0.39 is 0 Å². The van der Waals surface area contributed by atoms with Gasteiger partial charge in [-0.3, -0.25) is 0 Å². The summed E-state index contributed by atoms with van der Waals surface area (Å²) in [6.07, 6.45) is 1.89. The average Bonchev–Trinajstić information content (AvgIpc) is 2.70. The summed E-state index contributed by atoms with van der Waals surface area (Å²) in [6, 6.07) is 8.33. The van der Waals surface area contributed by atoms with Crippen molar-refractivity contribution in [2.45, 2.75) is 26.4 Å². The minimum atomic E-state index is -0.0632. The molecule has 2 N–H and O–H groups in total. The fourth-order valence-corrected chi connectivity index (χ4v) is 1.48. The van der Waals surface area contributed by atoms with E-state index in [-0.39, 0.29) is 6.04 Å². The summed E-state index contributed by atoms with van der Waals surface area (Å²) in [5.74, 6) is 0. The molecule has 4 heteroatoms. The molecule has 1 heterocycles. The van der Waals surface area contributed by atoms with Crippen molar-refractivity contribution >= 4 is 0 Å². The second-order valence-electron chi connectivity index (χ2n) is 4.12. The van der Waals surface area contributed by atoms with Crippen LogP contribution in [0.2, 0.25) is 0 Å². The van der Waals surface area contributed by atoms with E-state index in [1.807, 2.05) is 17.8 Å². The van der Waals surface area contributed by atoms with E-state index in [0.29, 0.717) is 0 Å². The van der Waals surface area contributed by atoms with Crippen LogP contribution in [0.1, 0.15) is 29.8 Å². The molecule has 0 saturated heterocycles. The smallest absolute Gasteiger partial charge is 0.0991 e. The molecule has 1 aromatic heterocycles. The fourth-order valence-electron chi connectivity index (χ4n) is 1.48. The lowest BCUT2D eigenvalue weighted by molar-refractivity contribution is 0.648. The molecule has 0 aliphatic carbocycles. The van der Waals surface area contributed by atoms with Gasteiger partial charge in [-0.25, -0.2) is 4.68 Å². The van der Waals surface area contributed by atoms with Gasteiger partial charge in [0.05, 0.1) is 18.4 Å². The Morgan fingerprint density at radius 3 is 2.56 bits per heavy atom. The van der Waals surface area contributed by atoms with E-state index in [1.165, 1.54) is 11.1 Å². The Morgan fingerprint density at radius 2 is 2.00 bits per heavy atom. The number of nitrogens with zero attached hydrogens (tertiary/aromatic N) is 3. The highest BCUT2D eigenvalue weighted by molar-refractivity contribution is 5.21. The molecule has 0 spiro atoms. The lowest BCUT2D eigenvalue weighted by Gasteiger charge is -2.01. The zero-order chi connectivity index (χ0) is 11.5. The molecular weight excluding hydrogens is 200 g/mol. The van der Waals surface area contributed by atoms with Crippen molar-refractivity contribution in [3.8, 4) is 0 Å². The van der Waals surface area contributed by atoms with Crippen LogP contribution in [0, 0.1) is 6.92 Å². The quantitative estimate of drug-likeness (QED) is 0.848. The summed E-state index contributed by atoms with van der Waals surface area (Å²) in [4.78, 5) is 0. The lowest BCUT2D eigenvalue weighted by atomic mass is 10.1. The highest BCUT2D eigenvalue weighted by Crippen LogP contribution is 2.07. The second kappa shape index (κ2) is 4.45. The van der Waals surface area contributed by atoms with Crippen molar-refractivity contribution in [1.29, 1.82) is 0 Å². The Labute approximate surface area is 95.1 Å². The number of rotatable bonds is 3. The first-order valence-corrected chi connectivity index (χ1v) is 5.36. The third kappa shape index (κ3) is 2.46. The van der Waals surface area contributed by atoms with Crippen molar-refractivity contribution in [2.24, 2.45) is 5.73 Å². The number of nitrogens with two attached hydrogens (primary N) is 1. The summed E-state index contributed by atoms with van der Waals surface area (Å²) in [6.45, 7) is 4.72. The molecule has 0 fully saturated rings. The maximum Gasteiger partial charge on any atom is 0.0991 e. The van der Waals surface area contributed by atoms with Gasteiger partial charge >= 0.3 is 0 Å². The molecule has 1 unspecified atom stereocenters. The van der Waals surface area contributed by atoms with Crippen LogP contribution < -0.4 is 5.73 Å². The Balaban J connectivity index is 2.11. The van der Waals surface area contributed by atoms with E-state index in [9.17, 15) is 0 Å². The van der Waals surface area contributed by atoms with E-state index in [4.69, 9.17) is 5.73 Å². The molecule has 4 nitrogen and oxygen atoms in total. The van der Waals surface area contributed by atoms with Gasteiger partial charge in [-0.15, -0.1) is 5.10 Å². The van der Waals surface area contributed by atoms with E-state index >= 15 is 0 Å². The van der Waals surface area contributed by atoms with Crippen LogP contribution in [-0.2, 0) is 6.54 Å². The van der Waals surface area contributed by atoms with Gasteiger partial charge in [0, 0.05) is 6.04 Å². The zero-order valence-corrected chi connectivity index (χ0v) is 9.59. The number of hydrogen-bond acceptors (Lipinski definition) is 3. The third-order valence-electron chi connectivity index (χ3n) is 2.49. The van der Waals surface area contributed by atoms with Crippen molar-refractivity contribution in [3.05, 3.63) is 47.3 Å². The molecule has 0 saturated carbocycles. The molecule has 0 aliphatic heterocycles. The summed E-state index contributed by atoms with van der Waals surface area (Å²) < 4.78 is 1.81. The number of aryl methyl sites for hydroxylation is 1. The van der Waals surface area contributed by atoms with Gasteiger partial charge in [0.15, 0.2) is 0 Å². The first-order chi connectivity index (χ1) is 7.65. The monoisotopic (exact) mass is 216 g/mol. The van der Waals surface area contributed by atoms with Crippen LogP contribution >= 0.6 is 0 Å². The lowest BCUT2D eigenvalue weighted by Crippen LogP contribution is -2.05. The highest BCUT2D eigenvalue weighted by atomic mass is 15.4. The topological polar surface area (TPSA) is 56.7 Å². The van der Waals surface area contributed by atoms with Gasteiger partial charge in [0.2, 0.25) is 0 Å². The third-order valence-corrected chi connectivity index (χ3v) is 2.49. The average molecular weight is 216 g/mol. The predicted molar refractivity (Wildman–Crippen MR) is 62.9 cm³/mol. The fraction of sp³-hybridized carbons (Fsp3) is 0.333. The molecule has 16 heavy (non-hydrogen) atoms. The highest BCUT2D eigenvalue weighted by Gasteiger charge is 2.05. The van der Waals surface area contributed by atoms with Gasteiger partial charge in [0.1, 0.15) is 0 Å². The van der Waals surface area contributed by atoms with Crippen LogP contribution in [0.3, 0.4) is 0 Å². The molecule has 0 bridgehead atoms. The number of hydrogen-bond donors (Lipinski definition) is 1. The molecule has 2 rings (SSSR count). The molecule has 1 atom stereocenters. The summed E-state index contributed by atoms with van der Waals surface area (Å²) >= 11 is 0. The Kier molecular flexibility index (Phi) is 3.01. The summed E-state index contributed by atoms with van der Waals surface area (Å²) in [5, 5.41) is 8.06. The van der Waals surface area contributed by atoms with Gasteiger partial charge < -0.3 is 5.73 Å². The molecular formula is C12H16N4. The van der Waals surface area contributed by atoms with Crippen LogP contribution in [0.15, 0.2) is 30.5 Å². The molecule has 2 aromatic rings. The Morgan fingerprint density at radius 1 is 1.31 bits per heavy atom. The molecule has 0 radical (unpaired) electrons. The standard InChI is InChI=1S/C12H16N4/c1-9-3-5-11(6-4-9)7-16-8-12(10(2)13)14-15-16/h3-6,8,10H,7,13H2,1-2H3. The SMILES string of the molecule is Cc1ccc(Cn2cc(C(C)N)nn2)cc1. The van der Waals surface area contributed by atoms with Crippen molar-refractivity contribution < 1.29 is 0 Å². The van der Waals surface area contributed by atoms with Crippen LogP contribution in [0.25, 0.3) is 0 Å². The summed E-state index contributed by atoms with van der Waals surface area (Å²) in [7, 11) is 0. The number of aromatic nitrogens is 3. The Hall–Kier alpha value is -1.68. The largest absolute Gasteiger partial charge is 0.323 e. The van der Waals surface area contributed by atoms with Gasteiger partial charge in [-0.1, -0.05) is 35.0 Å². The van der Waals surface area contributed by atoms with Gasteiger partial charge in [0.25, 0.3) is 0 Å². The van der Waals surface area contributed by atoms with E-state index in [1.54, 1.807) is 0 Å². The van der Waals surface area contributed by atoms with E-state index in [0.717, 1.165) is 12.2 Å². The molecule has 84 valence electrons. The first-order valence-electron chi connectivity index (χ1n) is 5.36. The maximum atomic E-state index is 5.72.